The van der Waals surface area contributed by atoms with Crippen LogP contribution in [0.2, 0.25) is 0 Å². The average Bonchev–Trinajstić information content (AvgIpc) is 2.77. The molecule has 4 nitrogen and oxygen atoms in total. The Hall–Kier alpha value is -0.940. The van der Waals surface area contributed by atoms with Gasteiger partial charge in [-0.25, -0.2) is 4.98 Å². The van der Waals surface area contributed by atoms with Crippen LogP contribution >= 0.6 is 15.9 Å². The van der Waals surface area contributed by atoms with Crippen molar-refractivity contribution in [2.24, 2.45) is 5.92 Å². The molecule has 0 spiro atoms. The van der Waals surface area contributed by atoms with Gasteiger partial charge in [0.25, 0.3) is 5.91 Å². The highest BCUT2D eigenvalue weighted by Crippen LogP contribution is 2.25. The normalized spacial score (nSPS) is 23.6. The summed E-state index contributed by atoms with van der Waals surface area (Å²) in [5.74, 6) is 0.0812. The van der Waals surface area contributed by atoms with E-state index in [-0.39, 0.29) is 24.5 Å². The molecular weight excluding hydrogens is 284 g/mol. The maximum Gasteiger partial charge on any atom is 0.253 e. The zero-order valence-electron chi connectivity index (χ0n) is 9.40. The molecule has 0 aromatic carbocycles. The van der Waals surface area contributed by atoms with E-state index in [4.69, 9.17) is 0 Å². The van der Waals surface area contributed by atoms with Gasteiger partial charge < -0.3 is 10.4 Å². The molecule has 0 bridgehead atoms. The van der Waals surface area contributed by atoms with Gasteiger partial charge in [-0.05, 0) is 40.9 Å². The van der Waals surface area contributed by atoms with Gasteiger partial charge in [-0.15, -0.1) is 0 Å². The summed E-state index contributed by atoms with van der Waals surface area (Å²) in [6, 6.07) is 3.57. The minimum Gasteiger partial charge on any atom is -0.396 e. The molecule has 5 heteroatoms. The van der Waals surface area contributed by atoms with Crippen LogP contribution in [0.5, 0.6) is 0 Å². The summed E-state index contributed by atoms with van der Waals surface area (Å²) in [4.78, 5) is 15.9. The van der Waals surface area contributed by atoms with Crippen molar-refractivity contribution in [1.82, 2.24) is 10.3 Å². The van der Waals surface area contributed by atoms with Crippen LogP contribution in [0.15, 0.2) is 22.9 Å². The van der Waals surface area contributed by atoms with E-state index in [0.29, 0.717) is 10.2 Å². The zero-order valence-corrected chi connectivity index (χ0v) is 11.0. The Kier molecular flexibility index (Phi) is 4.12. The molecule has 17 heavy (non-hydrogen) atoms. The van der Waals surface area contributed by atoms with Crippen LogP contribution in [0, 0.1) is 5.92 Å². The average molecular weight is 299 g/mol. The molecule has 1 aromatic heterocycles. The molecule has 92 valence electrons. The highest BCUT2D eigenvalue weighted by Gasteiger charge is 2.28. The number of hydrogen-bond acceptors (Lipinski definition) is 3. The Bertz CT molecular complexity index is 394. The van der Waals surface area contributed by atoms with Gasteiger partial charge in [-0.2, -0.15) is 0 Å². The maximum atomic E-state index is 11.9. The quantitative estimate of drug-likeness (QED) is 0.836. The smallest absolute Gasteiger partial charge is 0.253 e. The number of pyridine rings is 1. The first kappa shape index (κ1) is 12.5. The van der Waals surface area contributed by atoms with Gasteiger partial charge in [0, 0.05) is 24.8 Å². The van der Waals surface area contributed by atoms with E-state index < -0.39 is 0 Å². The topological polar surface area (TPSA) is 62.2 Å². The van der Waals surface area contributed by atoms with Gasteiger partial charge in [0.05, 0.1) is 5.56 Å². The summed E-state index contributed by atoms with van der Waals surface area (Å²) in [5.41, 5.74) is 0.553. The molecule has 0 radical (unpaired) electrons. The highest BCUT2D eigenvalue weighted by molar-refractivity contribution is 9.10. The Balaban J connectivity index is 1.99. The Morgan fingerprint density at radius 2 is 2.35 bits per heavy atom. The van der Waals surface area contributed by atoms with Crippen molar-refractivity contribution < 1.29 is 9.90 Å². The van der Waals surface area contributed by atoms with Crippen LogP contribution in [0.3, 0.4) is 0 Å². The van der Waals surface area contributed by atoms with E-state index in [1.54, 1.807) is 18.3 Å². The highest BCUT2D eigenvalue weighted by atomic mass is 79.9. The molecule has 1 saturated carbocycles. The number of aromatic nitrogens is 1. The molecule has 1 amide bonds. The van der Waals surface area contributed by atoms with E-state index in [0.717, 1.165) is 19.3 Å². The number of hydrogen-bond donors (Lipinski definition) is 2. The first-order valence-electron chi connectivity index (χ1n) is 5.74. The zero-order chi connectivity index (χ0) is 12.3. The van der Waals surface area contributed by atoms with Crippen molar-refractivity contribution in [1.29, 1.82) is 0 Å². The van der Waals surface area contributed by atoms with Gasteiger partial charge in [-0.1, -0.05) is 6.42 Å². The number of aliphatic hydroxyl groups is 1. The van der Waals surface area contributed by atoms with Crippen LogP contribution in [0.1, 0.15) is 29.6 Å². The molecule has 1 aromatic rings. The fourth-order valence-electron chi connectivity index (χ4n) is 2.21. The van der Waals surface area contributed by atoms with Crippen LogP contribution < -0.4 is 5.32 Å². The summed E-state index contributed by atoms with van der Waals surface area (Å²) in [7, 11) is 0. The monoisotopic (exact) mass is 298 g/mol. The van der Waals surface area contributed by atoms with Gasteiger partial charge in [0.1, 0.15) is 4.60 Å². The largest absolute Gasteiger partial charge is 0.396 e. The lowest BCUT2D eigenvalue weighted by Crippen LogP contribution is -2.38. The number of aliphatic hydroxyl groups excluding tert-OH is 1. The third kappa shape index (κ3) is 3.04. The number of rotatable bonds is 3. The van der Waals surface area contributed by atoms with Crippen molar-refractivity contribution in [3.8, 4) is 0 Å². The maximum absolute atomic E-state index is 11.9. The second kappa shape index (κ2) is 5.60. The minimum absolute atomic E-state index is 0.0937. The van der Waals surface area contributed by atoms with Gasteiger partial charge in [0.15, 0.2) is 0 Å². The lowest BCUT2D eigenvalue weighted by molar-refractivity contribution is 0.0915. The molecule has 1 fully saturated rings. The molecule has 1 heterocycles. The summed E-state index contributed by atoms with van der Waals surface area (Å²) in [6.45, 7) is 0.142. The van der Waals surface area contributed by atoms with E-state index in [1.165, 1.54) is 0 Å². The number of amides is 1. The molecule has 1 aliphatic rings. The van der Waals surface area contributed by atoms with Crippen LogP contribution in [0.25, 0.3) is 0 Å². The number of nitrogens with zero attached hydrogens (tertiary/aromatic N) is 1. The Morgan fingerprint density at radius 3 is 3.00 bits per heavy atom. The fraction of sp³-hybridized carbons (Fsp3) is 0.500. The fourth-order valence-corrected chi connectivity index (χ4v) is 2.44. The number of nitrogens with one attached hydrogen (secondary N) is 1. The molecule has 1 aliphatic carbocycles. The molecule has 0 aliphatic heterocycles. The van der Waals surface area contributed by atoms with E-state index in [1.807, 2.05) is 0 Å². The molecule has 2 atom stereocenters. The van der Waals surface area contributed by atoms with Gasteiger partial charge in [0.2, 0.25) is 0 Å². The second-order valence-electron chi connectivity index (χ2n) is 4.32. The van der Waals surface area contributed by atoms with E-state index in [2.05, 4.69) is 26.2 Å². The van der Waals surface area contributed by atoms with Crippen molar-refractivity contribution in [2.75, 3.05) is 6.61 Å². The molecular formula is C12H15BrN2O2. The second-order valence-corrected chi connectivity index (χ2v) is 5.14. The predicted molar refractivity (Wildman–Crippen MR) is 67.6 cm³/mol. The van der Waals surface area contributed by atoms with E-state index >= 15 is 0 Å². The molecule has 0 saturated heterocycles. The van der Waals surface area contributed by atoms with Crippen molar-refractivity contribution in [3.05, 3.63) is 28.5 Å². The standard InChI is InChI=1S/C12H15BrN2O2/c13-11-5-4-8(6-14-11)12(17)15-10-3-1-2-9(10)7-16/h4-6,9-10,16H,1-3,7H2,(H,15,17). The van der Waals surface area contributed by atoms with Crippen LogP contribution in [-0.2, 0) is 0 Å². The van der Waals surface area contributed by atoms with Gasteiger partial charge in [-0.3, -0.25) is 4.79 Å². The van der Waals surface area contributed by atoms with Crippen LogP contribution in [0.4, 0.5) is 0 Å². The summed E-state index contributed by atoms with van der Waals surface area (Å²) >= 11 is 3.23. The summed E-state index contributed by atoms with van der Waals surface area (Å²) < 4.78 is 0.711. The Morgan fingerprint density at radius 1 is 1.53 bits per heavy atom. The Labute approximate surface area is 109 Å². The first-order chi connectivity index (χ1) is 8.20. The molecule has 2 N–H and O–H groups in total. The number of carbonyl (C=O) groups excluding carboxylic acids is 1. The summed E-state index contributed by atoms with van der Waals surface area (Å²) in [6.07, 6.45) is 4.54. The van der Waals surface area contributed by atoms with Crippen LogP contribution in [-0.4, -0.2) is 28.6 Å². The lowest BCUT2D eigenvalue weighted by Gasteiger charge is -2.18. The van der Waals surface area contributed by atoms with Crippen molar-refractivity contribution >= 4 is 21.8 Å². The van der Waals surface area contributed by atoms with Crippen molar-refractivity contribution in [2.45, 2.75) is 25.3 Å². The number of halogens is 1. The lowest BCUT2D eigenvalue weighted by atomic mass is 10.0. The van der Waals surface area contributed by atoms with Gasteiger partial charge >= 0.3 is 0 Å². The van der Waals surface area contributed by atoms with Crippen molar-refractivity contribution in [3.63, 3.8) is 0 Å². The SMILES string of the molecule is O=C(NC1CCCC1CO)c1ccc(Br)nc1. The first-order valence-corrected chi connectivity index (χ1v) is 6.53. The molecule has 2 unspecified atom stereocenters. The minimum atomic E-state index is -0.115. The number of carbonyl (C=O) groups is 1. The predicted octanol–water partition coefficient (Wildman–Crippen LogP) is 1.73. The van der Waals surface area contributed by atoms with E-state index in [9.17, 15) is 9.90 Å². The third-order valence-electron chi connectivity index (χ3n) is 3.20. The summed E-state index contributed by atoms with van der Waals surface area (Å²) in [5, 5.41) is 12.1. The third-order valence-corrected chi connectivity index (χ3v) is 3.67. The molecule has 2 rings (SSSR count).